The summed E-state index contributed by atoms with van der Waals surface area (Å²) in [6.45, 7) is 7.98. The highest BCUT2D eigenvalue weighted by molar-refractivity contribution is 5.75. The van der Waals surface area contributed by atoms with Crippen molar-refractivity contribution in [3.63, 3.8) is 0 Å². The van der Waals surface area contributed by atoms with Gasteiger partial charge in [-0.05, 0) is 110 Å². The topological polar surface area (TPSA) is 69.6 Å². The SMILES string of the molecule is C[C@@H](CCC(=O)NCc1ccccc1)[C@@H]1CC[C@@H]2[C@H]3[C@H](O)C[C@H]4C[C@@H](O)CC[C@@]4(C)[C@@H]3CC[C@]21C. The van der Waals surface area contributed by atoms with E-state index in [1.54, 1.807) is 0 Å². The van der Waals surface area contributed by atoms with Crippen molar-refractivity contribution in [3.8, 4) is 0 Å². The lowest BCUT2D eigenvalue weighted by atomic mass is 9.43. The quantitative estimate of drug-likeness (QED) is 0.487. The van der Waals surface area contributed by atoms with Gasteiger partial charge in [0, 0.05) is 13.0 Å². The Hall–Kier alpha value is -1.39. The zero-order valence-corrected chi connectivity index (χ0v) is 22.1. The van der Waals surface area contributed by atoms with Crippen molar-refractivity contribution in [3.05, 3.63) is 35.9 Å². The Morgan fingerprint density at radius 2 is 1.71 bits per heavy atom. The second kappa shape index (κ2) is 9.82. The molecule has 0 spiro atoms. The molecular weight excluding hydrogens is 434 g/mol. The third-order valence-electron chi connectivity index (χ3n) is 11.6. The molecule has 5 rings (SSSR count). The van der Waals surface area contributed by atoms with Crippen molar-refractivity contribution in [1.29, 1.82) is 0 Å². The fraction of sp³-hybridized carbons (Fsp3) is 0.774. The molecule has 35 heavy (non-hydrogen) atoms. The highest BCUT2D eigenvalue weighted by Gasteiger charge is 2.62. The maximum Gasteiger partial charge on any atom is 0.220 e. The van der Waals surface area contributed by atoms with Crippen LogP contribution in [0.1, 0.15) is 90.5 Å². The summed E-state index contributed by atoms with van der Waals surface area (Å²) < 4.78 is 0. The molecule has 0 aliphatic heterocycles. The van der Waals surface area contributed by atoms with E-state index >= 15 is 0 Å². The number of fused-ring (bicyclic) bond motifs is 5. The highest BCUT2D eigenvalue weighted by Crippen LogP contribution is 2.68. The number of rotatable bonds is 6. The van der Waals surface area contributed by atoms with Gasteiger partial charge in [-0.1, -0.05) is 51.1 Å². The smallest absolute Gasteiger partial charge is 0.220 e. The van der Waals surface area contributed by atoms with E-state index in [0.29, 0.717) is 48.5 Å². The Bertz CT molecular complexity index is 888. The van der Waals surface area contributed by atoms with Crippen LogP contribution in [0.2, 0.25) is 0 Å². The van der Waals surface area contributed by atoms with Gasteiger partial charge in [0.25, 0.3) is 0 Å². The average molecular weight is 482 g/mol. The Morgan fingerprint density at radius 3 is 2.49 bits per heavy atom. The lowest BCUT2D eigenvalue weighted by molar-refractivity contribution is -0.174. The monoisotopic (exact) mass is 481 g/mol. The summed E-state index contributed by atoms with van der Waals surface area (Å²) in [6.07, 6.45) is 9.91. The summed E-state index contributed by atoms with van der Waals surface area (Å²) in [6, 6.07) is 10.1. The van der Waals surface area contributed by atoms with Crippen LogP contribution in [0.25, 0.3) is 0 Å². The molecule has 1 aromatic rings. The number of hydrogen-bond donors (Lipinski definition) is 3. The van der Waals surface area contributed by atoms with Gasteiger partial charge in [-0.15, -0.1) is 0 Å². The molecule has 0 heterocycles. The first-order valence-corrected chi connectivity index (χ1v) is 14.4. The zero-order valence-electron chi connectivity index (χ0n) is 22.1. The van der Waals surface area contributed by atoms with Gasteiger partial charge in [0.2, 0.25) is 5.91 Å². The molecule has 1 amide bonds. The third kappa shape index (κ3) is 4.59. The number of amides is 1. The Morgan fingerprint density at radius 1 is 1.00 bits per heavy atom. The second-order valence-electron chi connectivity index (χ2n) is 13.2. The molecule has 0 aromatic heterocycles. The fourth-order valence-corrected chi connectivity index (χ4v) is 9.62. The summed E-state index contributed by atoms with van der Waals surface area (Å²) >= 11 is 0. The molecule has 194 valence electrons. The largest absolute Gasteiger partial charge is 0.393 e. The maximum absolute atomic E-state index is 12.6. The van der Waals surface area contributed by atoms with Crippen molar-refractivity contribution in [2.45, 2.75) is 104 Å². The summed E-state index contributed by atoms with van der Waals surface area (Å²) in [4.78, 5) is 12.6. The van der Waals surface area contributed by atoms with E-state index in [9.17, 15) is 15.0 Å². The minimum atomic E-state index is -0.217. The Kier molecular flexibility index (Phi) is 7.09. The maximum atomic E-state index is 12.6. The van der Waals surface area contributed by atoms with Crippen molar-refractivity contribution in [1.82, 2.24) is 5.32 Å². The lowest BCUT2D eigenvalue weighted by Gasteiger charge is -2.62. The molecular formula is C31H47NO3. The van der Waals surface area contributed by atoms with Crippen LogP contribution >= 0.6 is 0 Å². The Balaban J connectivity index is 1.21. The number of nitrogens with one attached hydrogen (secondary N) is 1. The van der Waals surface area contributed by atoms with Crippen LogP contribution in [0.5, 0.6) is 0 Å². The van der Waals surface area contributed by atoms with Gasteiger partial charge in [-0.25, -0.2) is 0 Å². The van der Waals surface area contributed by atoms with E-state index in [2.05, 4.69) is 38.2 Å². The van der Waals surface area contributed by atoms with Gasteiger partial charge in [0.05, 0.1) is 12.2 Å². The molecule has 4 fully saturated rings. The van der Waals surface area contributed by atoms with Gasteiger partial charge in [0.15, 0.2) is 0 Å². The standard InChI is InChI=1S/C31H47NO3/c1-20(9-12-28(35)32-19-21-7-5-4-6-8-21)24-10-11-25-29-26(14-16-31(24,25)3)30(2)15-13-23(33)17-22(30)18-27(29)34/h4-8,20,22-27,29,33-34H,9-19H2,1-3H3,(H,32,35)/t20-,22+,23-,24-,25+,26+,27+,29+,30+,31-/m0/s1. The predicted molar refractivity (Wildman–Crippen MR) is 139 cm³/mol. The van der Waals surface area contributed by atoms with Crippen LogP contribution in [-0.4, -0.2) is 28.3 Å². The summed E-state index contributed by atoms with van der Waals surface area (Å²) in [7, 11) is 0. The van der Waals surface area contributed by atoms with E-state index in [4.69, 9.17) is 0 Å². The number of carbonyl (C=O) groups is 1. The normalized spacial score (nSPS) is 43.5. The van der Waals surface area contributed by atoms with Crippen LogP contribution in [-0.2, 0) is 11.3 Å². The highest BCUT2D eigenvalue weighted by atomic mass is 16.3. The van der Waals surface area contributed by atoms with Crippen LogP contribution < -0.4 is 5.32 Å². The van der Waals surface area contributed by atoms with Gasteiger partial charge in [0.1, 0.15) is 0 Å². The predicted octanol–water partition coefficient (Wildman–Crippen LogP) is 5.71. The molecule has 4 aliphatic rings. The zero-order chi connectivity index (χ0) is 24.8. The third-order valence-corrected chi connectivity index (χ3v) is 11.6. The van der Waals surface area contributed by atoms with Gasteiger partial charge < -0.3 is 15.5 Å². The minimum Gasteiger partial charge on any atom is -0.393 e. The first kappa shape index (κ1) is 25.3. The van der Waals surface area contributed by atoms with Crippen LogP contribution in [0.4, 0.5) is 0 Å². The first-order chi connectivity index (χ1) is 16.7. The lowest BCUT2D eigenvalue weighted by Crippen LogP contribution is -2.58. The number of benzene rings is 1. The summed E-state index contributed by atoms with van der Waals surface area (Å²) in [5.41, 5.74) is 1.70. The fourth-order valence-electron chi connectivity index (χ4n) is 9.62. The number of aliphatic hydroxyl groups is 2. The second-order valence-corrected chi connectivity index (χ2v) is 13.2. The van der Waals surface area contributed by atoms with E-state index in [1.165, 1.54) is 25.7 Å². The van der Waals surface area contributed by atoms with Gasteiger partial charge >= 0.3 is 0 Å². The molecule has 4 saturated carbocycles. The summed E-state index contributed by atoms with van der Waals surface area (Å²) in [5.74, 6) is 3.40. The molecule has 0 radical (unpaired) electrons. The number of hydrogen-bond acceptors (Lipinski definition) is 3. The first-order valence-electron chi connectivity index (χ1n) is 14.4. The van der Waals surface area contributed by atoms with Crippen LogP contribution in [0.15, 0.2) is 30.3 Å². The number of aliphatic hydroxyl groups excluding tert-OH is 2. The van der Waals surface area contributed by atoms with Crippen molar-refractivity contribution in [2.24, 2.45) is 46.3 Å². The molecule has 0 bridgehead atoms. The van der Waals surface area contributed by atoms with E-state index < -0.39 is 0 Å². The number of carbonyl (C=O) groups excluding carboxylic acids is 1. The molecule has 10 atom stereocenters. The van der Waals surface area contributed by atoms with Crippen molar-refractivity contribution < 1.29 is 15.0 Å². The Labute approximate surface area is 212 Å². The molecule has 0 unspecified atom stereocenters. The molecule has 3 N–H and O–H groups in total. The van der Waals surface area contributed by atoms with Crippen LogP contribution in [0, 0.1) is 46.3 Å². The van der Waals surface area contributed by atoms with Crippen molar-refractivity contribution in [2.75, 3.05) is 0 Å². The van der Waals surface area contributed by atoms with Crippen LogP contribution in [0.3, 0.4) is 0 Å². The van der Waals surface area contributed by atoms with Crippen molar-refractivity contribution >= 4 is 5.91 Å². The summed E-state index contributed by atoms with van der Waals surface area (Å²) in [5, 5.41) is 24.8. The van der Waals surface area contributed by atoms with E-state index in [-0.39, 0.29) is 28.9 Å². The van der Waals surface area contributed by atoms with E-state index in [1.807, 2.05) is 18.2 Å². The van der Waals surface area contributed by atoms with Gasteiger partial charge in [-0.2, -0.15) is 0 Å². The minimum absolute atomic E-state index is 0.158. The molecule has 1 aromatic carbocycles. The molecule has 4 aliphatic carbocycles. The molecule has 4 heteroatoms. The molecule has 0 saturated heterocycles. The molecule has 4 nitrogen and oxygen atoms in total. The average Bonchev–Trinajstić information content (AvgIpc) is 3.20. The van der Waals surface area contributed by atoms with Gasteiger partial charge in [-0.3, -0.25) is 4.79 Å². The van der Waals surface area contributed by atoms with E-state index in [0.717, 1.165) is 37.7 Å².